The fraction of sp³-hybridized carbons (Fsp3) is 0.321. The predicted octanol–water partition coefficient (Wildman–Crippen LogP) is 5.51. The number of benzene rings is 2. The van der Waals surface area contributed by atoms with Gasteiger partial charge in [0.2, 0.25) is 11.9 Å². The van der Waals surface area contributed by atoms with Crippen LogP contribution in [-0.4, -0.2) is 61.1 Å². The van der Waals surface area contributed by atoms with Crippen LogP contribution in [0.1, 0.15) is 19.4 Å². The number of nitrogens with zero attached hydrogens (tertiary/aromatic N) is 4. The van der Waals surface area contributed by atoms with Crippen molar-refractivity contribution in [2.24, 2.45) is 0 Å². The molecule has 0 spiro atoms. The topological polar surface area (TPSA) is 94.6 Å². The number of rotatable bonds is 9. The van der Waals surface area contributed by atoms with Gasteiger partial charge in [-0.25, -0.2) is 4.98 Å². The molecule has 10 heteroatoms. The molecule has 2 aromatic carbocycles. The molecule has 4 rings (SSSR count). The van der Waals surface area contributed by atoms with Gasteiger partial charge in [-0.15, -0.1) is 0 Å². The van der Waals surface area contributed by atoms with Crippen molar-refractivity contribution in [3.63, 3.8) is 0 Å². The Kier molecular flexibility index (Phi) is 10.9. The number of likely N-dealkylation sites (N-methyl/N-ethyl adjacent to an activating group) is 1. The molecule has 0 saturated carbocycles. The number of halogens is 1. The minimum Gasteiger partial charge on any atom is -0.494 e. The van der Waals surface area contributed by atoms with Crippen molar-refractivity contribution in [3.8, 4) is 5.75 Å². The van der Waals surface area contributed by atoms with Crippen LogP contribution in [0, 0.1) is 0 Å². The normalized spacial score (nSPS) is 13.1. The van der Waals surface area contributed by atoms with E-state index < -0.39 is 0 Å². The molecule has 9 nitrogen and oxygen atoms in total. The van der Waals surface area contributed by atoms with Crippen LogP contribution in [0.2, 0.25) is 0 Å². The Bertz CT molecular complexity index is 1210. The predicted molar refractivity (Wildman–Crippen MR) is 160 cm³/mol. The number of ether oxygens (including phenoxy) is 1. The van der Waals surface area contributed by atoms with Crippen LogP contribution in [0.15, 0.2) is 65.8 Å². The summed E-state index contributed by atoms with van der Waals surface area (Å²) >= 11 is 3.52. The first-order valence-electron chi connectivity index (χ1n) is 12.6. The number of carbonyl (C=O) groups is 1. The van der Waals surface area contributed by atoms with Crippen LogP contribution in [0.5, 0.6) is 5.75 Å². The Morgan fingerprint density at radius 3 is 2.50 bits per heavy atom. The van der Waals surface area contributed by atoms with Gasteiger partial charge in [-0.2, -0.15) is 4.98 Å². The molecular formula is C28H36BrN7O2. The lowest BCUT2D eigenvalue weighted by Gasteiger charge is -2.34. The summed E-state index contributed by atoms with van der Waals surface area (Å²) in [7, 11) is 3.81. The summed E-state index contributed by atoms with van der Waals surface area (Å²) in [5.74, 6) is 1.60. The smallest absolute Gasteiger partial charge is 0.247 e. The molecule has 38 heavy (non-hydrogen) atoms. The SMILES string of the molecule is C=CC(=O)Nc1ccc(CNc2nc(Nc3ccc(N4CCN(C)CC4)cc3OC)ncc2Br)cc1.CC. The quantitative estimate of drug-likeness (QED) is 0.285. The maximum atomic E-state index is 11.4. The Hall–Kier alpha value is -3.63. The summed E-state index contributed by atoms with van der Waals surface area (Å²) in [6.45, 7) is 12.1. The summed E-state index contributed by atoms with van der Waals surface area (Å²) in [6, 6.07) is 13.7. The maximum Gasteiger partial charge on any atom is 0.247 e. The van der Waals surface area contributed by atoms with Crippen molar-refractivity contribution < 1.29 is 9.53 Å². The van der Waals surface area contributed by atoms with E-state index in [2.05, 4.69) is 71.3 Å². The van der Waals surface area contributed by atoms with E-state index in [0.29, 0.717) is 24.0 Å². The number of anilines is 5. The van der Waals surface area contributed by atoms with Gasteiger partial charge in [0.05, 0.1) is 17.3 Å². The van der Waals surface area contributed by atoms with Crippen LogP contribution in [-0.2, 0) is 11.3 Å². The summed E-state index contributed by atoms with van der Waals surface area (Å²) in [6.07, 6.45) is 2.95. The van der Waals surface area contributed by atoms with Crippen molar-refractivity contribution >= 4 is 50.7 Å². The van der Waals surface area contributed by atoms with Crippen molar-refractivity contribution in [2.45, 2.75) is 20.4 Å². The monoisotopic (exact) mass is 581 g/mol. The Balaban J connectivity index is 0.00000195. The molecule has 202 valence electrons. The van der Waals surface area contributed by atoms with E-state index in [9.17, 15) is 4.79 Å². The van der Waals surface area contributed by atoms with E-state index in [-0.39, 0.29) is 5.91 Å². The second-order valence-corrected chi connectivity index (χ2v) is 9.29. The molecule has 1 aromatic heterocycles. The number of aromatic nitrogens is 2. The first-order valence-corrected chi connectivity index (χ1v) is 13.4. The van der Waals surface area contributed by atoms with E-state index >= 15 is 0 Å². The molecule has 1 aliphatic heterocycles. The molecule has 3 aromatic rings. The largest absolute Gasteiger partial charge is 0.494 e. The third kappa shape index (κ3) is 7.93. The average molecular weight is 583 g/mol. The minimum atomic E-state index is -0.239. The average Bonchev–Trinajstić information content (AvgIpc) is 2.95. The zero-order chi connectivity index (χ0) is 27.5. The van der Waals surface area contributed by atoms with E-state index in [1.165, 1.54) is 6.08 Å². The fourth-order valence-electron chi connectivity index (χ4n) is 3.80. The lowest BCUT2D eigenvalue weighted by Crippen LogP contribution is -2.44. The molecule has 0 aliphatic carbocycles. The van der Waals surface area contributed by atoms with Gasteiger partial charge in [0.1, 0.15) is 11.6 Å². The first kappa shape index (κ1) is 28.9. The lowest BCUT2D eigenvalue weighted by atomic mass is 10.2. The van der Waals surface area contributed by atoms with E-state index in [0.717, 1.165) is 53.3 Å². The Labute approximate surface area is 233 Å². The van der Waals surface area contributed by atoms with Crippen molar-refractivity contribution in [2.75, 3.05) is 61.2 Å². The molecule has 3 N–H and O–H groups in total. The number of amides is 1. The van der Waals surface area contributed by atoms with Crippen molar-refractivity contribution in [1.29, 1.82) is 0 Å². The highest BCUT2D eigenvalue weighted by molar-refractivity contribution is 9.10. The van der Waals surface area contributed by atoms with Gasteiger partial charge in [-0.05, 0) is 58.9 Å². The minimum absolute atomic E-state index is 0.239. The number of hydrogen-bond donors (Lipinski definition) is 3. The number of hydrogen-bond acceptors (Lipinski definition) is 8. The zero-order valence-electron chi connectivity index (χ0n) is 22.4. The highest BCUT2D eigenvalue weighted by atomic mass is 79.9. The van der Waals surface area contributed by atoms with Gasteiger partial charge in [0.25, 0.3) is 0 Å². The molecular weight excluding hydrogens is 546 g/mol. The van der Waals surface area contributed by atoms with Gasteiger partial charge in [0.15, 0.2) is 0 Å². The Morgan fingerprint density at radius 2 is 1.84 bits per heavy atom. The molecule has 1 amide bonds. The zero-order valence-corrected chi connectivity index (χ0v) is 24.0. The molecule has 0 unspecified atom stereocenters. The van der Waals surface area contributed by atoms with Crippen molar-refractivity contribution in [1.82, 2.24) is 14.9 Å². The van der Waals surface area contributed by atoms with E-state index in [4.69, 9.17) is 4.74 Å². The van der Waals surface area contributed by atoms with Gasteiger partial charge < -0.3 is 30.5 Å². The van der Waals surface area contributed by atoms with Gasteiger partial charge in [0, 0.05) is 56.4 Å². The molecule has 0 atom stereocenters. The van der Waals surface area contributed by atoms with Crippen molar-refractivity contribution in [3.05, 3.63) is 71.4 Å². The number of methoxy groups -OCH3 is 1. The molecule has 2 heterocycles. The summed E-state index contributed by atoms with van der Waals surface area (Å²) in [5.41, 5.74) is 3.68. The summed E-state index contributed by atoms with van der Waals surface area (Å²) in [5, 5.41) is 9.34. The number of piperazine rings is 1. The van der Waals surface area contributed by atoms with Gasteiger partial charge >= 0.3 is 0 Å². The summed E-state index contributed by atoms with van der Waals surface area (Å²) in [4.78, 5) is 25.2. The third-order valence-corrected chi connectivity index (χ3v) is 6.49. The second-order valence-electron chi connectivity index (χ2n) is 8.43. The van der Waals surface area contributed by atoms with Gasteiger partial charge in [-0.3, -0.25) is 4.79 Å². The number of carbonyl (C=O) groups excluding carboxylic acids is 1. The Morgan fingerprint density at radius 1 is 1.13 bits per heavy atom. The lowest BCUT2D eigenvalue weighted by molar-refractivity contribution is -0.111. The third-order valence-electron chi connectivity index (χ3n) is 5.91. The second kappa shape index (κ2) is 14.3. The van der Waals surface area contributed by atoms with Crippen LogP contribution in [0.3, 0.4) is 0 Å². The molecule has 1 saturated heterocycles. The molecule has 1 fully saturated rings. The highest BCUT2D eigenvalue weighted by Crippen LogP contribution is 2.32. The highest BCUT2D eigenvalue weighted by Gasteiger charge is 2.16. The first-order chi connectivity index (χ1) is 18.4. The van der Waals surface area contributed by atoms with E-state index in [1.807, 2.05) is 50.2 Å². The van der Waals surface area contributed by atoms with Crippen LogP contribution in [0.25, 0.3) is 0 Å². The van der Waals surface area contributed by atoms with Gasteiger partial charge in [-0.1, -0.05) is 32.6 Å². The van der Waals surface area contributed by atoms with E-state index in [1.54, 1.807) is 13.3 Å². The van der Waals surface area contributed by atoms with Crippen LogP contribution >= 0.6 is 15.9 Å². The molecule has 1 aliphatic rings. The van der Waals surface area contributed by atoms with Crippen LogP contribution in [0.4, 0.5) is 28.8 Å². The standard InChI is InChI=1S/C26H30BrN7O2.C2H6/c1-4-24(35)30-19-7-5-18(6-8-19)16-28-25-21(27)17-29-26(32-25)31-22-10-9-20(15-23(22)36-3)34-13-11-33(2)12-14-34;1-2/h4-10,15,17H,1,11-14,16H2,2-3H3,(H,30,35)(H2,28,29,31,32);1-2H3. The fourth-order valence-corrected chi connectivity index (χ4v) is 4.13. The molecule has 0 bridgehead atoms. The molecule has 0 radical (unpaired) electrons. The maximum absolute atomic E-state index is 11.4. The van der Waals surface area contributed by atoms with Crippen LogP contribution < -0.4 is 25.6 Å². The number of nitrogens with one attached hydrogen (secondary N) is 3. The summed E-state index contributed by atoms with van der Waals surface area (Å²) < 4.78 is 6.41.